The van der Waals surface area contributed by atoms with Gasteiger partial charge in [-0.25, -0.2) is 8.91 Å². The first kappa shape index (κ1) is 16.5. The predicted octanol–water partition coefficient (Wildman–Crippen LogP) is 3.99. The van der Waals surface area contributed by atoms with Crippen LogP contribution in [0, 0.1) is 19.7 Å². The van der Waals surface area contributed by atoms with Crippen LogP contribution in [0.4, 0.5) is 4.39 Å². The molecule has 0 amide bonds. The third kappa shape index (κ3) is 2.52. The van der Waals surface area contributed by atoms with Crippen molar-refractivity contribution in [2.75, 3.05) is 0 Å². The molecule has 4 rings (SSSR count). The first-order chi connectivity index (χ1) is 12.3. The number of rotatable bonds is 3. The number of ether oxygens (including phenoxy) is 1. The van der Waals surface area contributed by atoms with Gasteiger partial charge in [-0.2, -0.15) is 10.1 Å². The van der Waals surface area contributed by atoms with E-state index in [2.05, 4.69) is 15.1 Å². The third-order valence-corrected chi connectivity index (χ3v) is 4.50. The molecule has 0 aliphatic carbocycles. The normalized spacial score (nSPS) is 12.2. The standard InChI is InChI=1S/C19H19FN4O2/c1-10-7-12-14(23-10)5-6-15(16(12)20)26-18-17-11(2)13(19(3,4)25)8-24(17)22-9-21-18/h5-9,23,25H,1-4H3. The van der Waals surface area contributed by atoms with Crippen LogP contribution in [0.2, 0.25) is 0 Å². The summed E-state index contributed by atoms with van der Waals surface area (Å²) in [5, 5.41) is 15.0. The maximum Gasteiger partial charge on any atom is 0.247 e. The number of aryl methyl sites for hydroxylation is 2. The third-order valence-electron chi connectivity index (χ3n) is 4.50. The second-order valence-electron chi connectivity index (χ2n) is 6.98. The van der Waals surface area contributed by atoms with E-state index in [9.17, 15) is 9.50 Å². The SMILES string of the molecule is Cc1cc2c(F)c(Oc3ncnn4cc(C(C)(C)O)c(C)c34)ccc2[nH]1. The van der Waals surface area contributed by atoms with Crippen molar-refractivity contribution >= 4 is 16.4 Å². The highest BCUT2D eigenvalue weighted by molar-refractivity contribution is 5.83. The molecule has 0 unspecified atom stereocenters. The van der Waals surface area contributed by atoms with Crippen molar-refractivity contribution < 1.29 is 14.2 Å². The smallest absolute Gasteiger partial charge is 0.247 e. The van der Waals surface area contributed by atoms with Crippen LogP contribution < -0.4 is 4.74 Å². The molecule has 0 radical (unpaired) electrons. The summed E-state index contributed by atoms with van der Waals surface area (Å²) >= 11 is 0. The Bertz CT molecular complexity index is 1140. The van der Waals surface area contributed by atoms with E-state index < -0.39 is 11.4 Å². The molecule has 0 bridgehead atoms. The lowest BCUT2D eigenvalue weighted by Crippen LogP contribution is -2.15. The Balaban J connectivity index is 1.85. The zero-order valence-electron chi connectivity index (χ0n) is 15.0. The molecule has 2 N–H and O–H groups in total. The highest BCUT2D eigenvalue weighted by Crippen LogP contribution is 2.35. The highest BCUT2D eigenvalue weighted by atomic mass is 19.1. The number of halogens is 1. The molecule has 0 aliphatic heterocycles. The maximum atomic E-state index is 14.8. The summed E-state index contributed by atoms with van der Waals surface area (Å²) in [7, 11) is 0. The Labute approximate surface area is 149 Å². The fourth-order valence-corrected chi connectivity index (χ4v) is 3.29. The molecule has 3 aromatic heterocycles. The number of nitrogens with zero attached hydrogens (tertiary/aromatic N) is 3. The van der Waals surface area contributed by atoms with Gasteiger partial charge in [-0.15, -0.1) is 0 Å². The molecule has 1 aromatic carbocycles. The van der Waals surface area contributed by atoms with Crippen LogP contribution in [-0.2, 0) is 5.60 Å². The number of aromatic nitrogens is 4. The van der Waals surface area contributed by atoms with E-state index in [4.69, 9.17) is 4.74 Å². The van der Waals surface area contributed by atoms with Gasteiger partial charge in [0.1, 0.15) is 11.8 Å². The molecular formula is C19H19FN4O2. The van der Waals surface area contributed by atoms with Gasteiger partial charge in [0.2, 0.25) is 5.88 Å². The lowest BCUT2D eigenvalue weighted by Gasteiger charge is -2.16. The van der Waals surface area contributed by atoms with Gasteiger partial charge in [-0.3, -0.25) is 0 Å². The molecule has 0 saturated heterocycles. The Kier molecular flexibility index (Phi) is 3.52. The van der Waals surface area contributed by atoms with Crippen LogP contribution in [-0.4, -0.2) is 24.7 Å². The number of benzene rings is 1. The molecule has 4 aromatic rings. The van der Waals surface area contributed by atoms with Crippen LogP contribution in [0.1, 0.15) is 30.7 Å². The highest BCUT2D eigenvalue weighted by Gasteiger charge is 2.24. The van der Waals surface area contributed by atoms with Crippen LogP contribution in [0.15, 0.2) is 30.7 Å². The molecular weight excluding hydrogens is 335 g/mol. The molecule has 26 heavy (non-hydrogen) atoms. The number of aromatic amines is 1. The summed E-state index contributed by atoms with van der Waals surface area (Å²) in [6, 6.07) is 5.08. The summed E-state index contributed by atoms with van der Waals surface area (Å²) in [5.74, 6) is -0.128. The predicted molar refractivity (Wildman–Crippen MR) is 96.0 cm³/mol. The fourth-order valence-electron chi connectivity index (χ4n) is 3.29. The first-order valence-corrected chi connectivity index (χ1v) is 8.27. The Morgan fingerprint density at radius 3 is 2.77 bits per heavy atom. The fraction of sp³-hybridized carbons (Fsp3) is 0.263. The van der Waals surface area contributed by atoms with Crippen molar-refractivity contribution in [1.82, 2.24) is 19.6 Å². The molecule has 0 fully saturated rings. The Morgan fingerprint density at radius 2 is 2.04 bits per heavy atom. The Hall–Kier alpha value is -2.93. The molecule has 0 aliphatic rings. The van der Waals surface area contributed by atoms with Gasteiger partial charge in [-0.1, -0.05) is 0 Å². The topological polar surface area (TPSA) is 75.4 Å². The van der Waals surface area contributed by atoms with Gasteiger partial charge in [-0.05, 0) is 51.5 Å². The van der Waals surface area contributed by atoms with Gasteiger partial charge in [0.15, 0.2) is 11.6 Å². The van der Waals surface area contributed by atoms with Gasteiger partial charge >= 0.3 is 0 Å². The summed E-state index contributed by atoms with van der Waals surface area (Å²) in [4.78, 5) is 7.27. The van der Waals surface area contributed by atoms with Gasteiger partial charge in [0.05, 0.1) is 5.60 Å². The lowest BCUT2D eigenvalue weighted by molar-refractivity contribution is 0.0780. The molecule has 0 atom stereocenters. The largest absolute Gasteiger partial charge is 0.434 e. The second-order valence-corrected chi connectivity index (χ2v) is 6.98. The molecule has 0 saturated carbocycles. The van der Waals surface area contributed by atoms with Crippen LogP contribution >= 0.6 is 0 Å². The zero-order chi connectivity index (χ0) is 18.6. The summed E-state index contributed by atoms with van der Waals surface area (Å²) in [5.41, 5.74) is 2.63. The van der Waals surface area contributed by atoms with E-state index in [-0.39, 0.29) is 11.6 Å². The van der Waals surface area contributed by atoms with Crippen LogP contribution in [0.3, 0.4) is 0 Å². The van der Waals surface area contributed by atoms with Gasteiger partial charge < -0.3 is 14.8 Å². The molecule has 7 heteroatoms. The van der Waals surface area contributed by atoms with Crippen molar-refractivity contribution in [3.63, 3.8) is 0 Å². The molecule has 3 heterocycles. The van der Waals surface area contributed by atoms with Gasteiger partial charge in [0.25, 0.3) is 0 Å². The van der Waals surface area contributed by atoms with Crippen LogP contribution in [0.5, 0.6) is 11.6 Å². The van der Waals surface area contributed by atoms with Crippen molar-refractivity contribution in [3.8, 4) is 11.6 Å². The first-order valence-electron chi connectivity index (χ1n) is 8.27. The molecule has 0 spiro atoms. The van der Waals surface area contributed by atoms with Crippen LogP contribution in [0.25, 0.3) is 16.4 Å². The van der Waals surface area contributed by atoms with Crippen molar-refractivity contribution in [2.45, 2.75) is 33.3 Å². The minimum Gasteiger partial charge on any atom is -0.434 e. The maximum absolute atomic E-state index is 14.8. The zero-order valence-corrected chi connectivity index (χ0v) is 15.0. The number of hydrogen-bond acceptors (Lipinski definition) is 4. The van der Waals surface area contributed by atoms with E-state index in [1.165, 1.54) is 6.33 Å². The Morgan fingerprint density at radius 1 is 1.27 bits per heavy atom. The van der Waals surface area contributed by atoms with E-state index in [0.717, 1.165) is 11.3 Å². The monoisotopic (exact) mass is 354 g/mol. The average molecular weight is 354 g/mol. The number of fused-ring (bicyclic) bond motifs is 2. The number of H-pyrrole nitrogens is 1. The van der Waals surface area contributed by atoms with Crippen molar-refractivity contribution in [2.24, 2.45) is 0 Å². The number of nitrogens with one attached hydrogen (secondary N) is 1. The van der Waals surface area contributed by atoms with E-state index in [1.807, 2.05) is 13.8 Å². The lowest BCUT2D eigenvalue weighted by atomic mass is 9.98. The summed E-state index contributed by atoms with van der Waals surface area (Å²) in [6.45, 7) is 7.12. The summed E-state index contributed by atoms with van der Waals surface area (Å²) in [6.07, 6.45) is 3.07. The molecule has 6 nitrogen and oxygen atoms in total. The van der Waals surface area contributed by atoms with Crippen molar-refractivity contribution in [3.05, 3.63) is 53.4 Å². The summed E-state index contributed by atoms with van der Waals surface area (Å²) < 4.78 is 22.2. The number of aliphatic hydroxyl groups is 1. The number of hydrogen-bond donors (Lipinski definition) is 2. The minimum atomic E-state index is -1.04. The minimum absolute atomic E-state index is 0.0857. The molecule has 134 valence electrons. The average Bonchev–Trinajstić information content (AvgIpc) is 3.11. The van der Waals surface area contributed by atoms with Crippen molar-refractivity contribution in [1.29, 1.82) is 0 Å². The van der Waals surface area contributed by atoms with E-state index in [1.54, 1.807) is 42.8 Å². The van der Waals surface area contributed by atoms with Gasteiger partial charge in [0, 0.05) is 28.4 Å². The van der Waals surface area contributed by atoms with E-state index in [0.29, 0.717) is 22.0 Å². The quantitative estimate of drug-likeness (QED) is 0.583. The van der Waals surface area contributed by atoms with E-state index >= 15 is 0 Å². The second kappa shape index (κ2) is 5.54.